The first-order valence-electron chi connectivity index (χ1n) is 6.03. The summed E-state index contributed by atoms with van der Waals surface area (Å²) < 4.78 is 26.7. The van der Waals surface area contributed by atoms with Gasteiger partial charge in [0.05, 0.1) is 10.6 Å². The third kappa shape index (κ3) is 3.47. The Morgan fingerprint density at radius 2 is 2.11 bits per heavy atom. The summed E-state index contributed by atoms with van der Waals surface area (Å²) in [5, 5.41) is 0. The van der Waals surface area contributed by atoms with E-state index in [9.17, 15) is 13.6 Å². The zero-order valence-electron chi connectivity index (χ0n) is 10.2. The van der Waals surface area contributed by atoms with Gasteiger partial charge in [-0.1, -0.05) is 12.2 Å². The Labute approximate surface area is 115 Å². The molecule has 0 radical (unpaired) electrons. The quantitative estimate of drug-likeness (QED) is 0.844. The number of hydrogen-bond acceptors (Lipinski definition) is 2. The molecule has 1 aliphatic carbocycles. The van der Waals surface area contributed by atoms with Gasteiger partial charge < -0.3 is 10.6 Å². The third-order valence-corrected chi connectivity index (χ3v) is 3.21. The Morgan fingerprint density at radius 1 is 1.42 bits per heavy atom. The van der Waals surface area contributed by atoms with Crippen molar-refractivity contribution in [3.05, 3.63) is 35.4 Å². The fourth-order valence-corrected chi connectivity index (χ4v) is 1.97. The molecule has 3 nitrogen and oxygen atoms in total. The maximum absolute atomic E-state index is 13.6. The van der Waals surface area contributed by atoms with Crippen molar-refractivity contribution in [1.29, 1.82) is 0 Å². The Balaban J connectivity index is 2.18. The molecule has 6 heteroatoms. The number of carbonyl (C=O) groups excluding carboxylic acids is 1. The summed E-state index contributed by atoms with van der Waals surface area (Å²) in [6.07, 6.45) is 2.13. The molecule has 0 bridgehead atoms. The molecule has 1 amide bonds. The molecule has 1 aromatic carbocycles. The minimum absolute atomic E-state index is 0.0875. The summed E-state index contributed by atoms with van der Waals surface area (Å²) in [5.41, 5.74) is 5.17. The summed E-state index contributed by atoms with van der Waals surface area (Å²) in [5.74, 6) is -1.85. The maximum Gasteiger partial charge on any atom is 0.257 e. The van der Waals surface area contributed by atoms with E-state index in [-0.39, 0.29) is 11.6 Å². The summed E-state index contributed by atoms with van der Waals surface area (Å²) in [4.78, 5) is 14.1. The minimum Gasteiger partial charge on any atom is -0.393 e. The van der Waals surface area contributed by atoms with Gasteiger partial charge in [0.2, 0.25) is 0 Å². The number of halogens is 2. The van der Waals surface area contributed by atoms with Gasteiger partial charge in [-0.15, -0.1) is 0 Å². The first kappa shape index (κ1) is 13.9. The molecule has 0 spiro atoms. The molecule has 2 N–H and O–H groups in total. The number of carbonyl (C=O) groups is 1. The van der Waals surface area contributed by atoms with Crippen molar-refractivity contribution in [2.24, 2.45) is 5.73 Å². The summed E-state index contributed by atoms with van der Waals surface area (Å²) in [6, 6.07) is 2.96. The largest absolute Gasteiger partial charge is 0.393 e. The topological polar surface area (TPSA) is 46.3 Å². The lowest BCUT2D eigenvalue weighted by Gasteiger charge is -2.22. The van der Waals surface area contributed by atoms with Crippen LogP contribution in [0.1, 0.15) is 29.6 Å². The van der Waals surface area contributed by atoms with Crippen molar-refractivity contribution in [2.75, 3.05) is 6.54 Å². The van der Waals surface area contributed by atoms with Crippen molar-refractivity contribution in [3.8, 4) is 0 Å². The standard InChI is InChI=1S/C13H14F2N2OS/c14-8-1-4-11(15)10(7-8)13(18)17(9-2-3-9)6-5-12(16)19/h1,4,7,9H,2-3,5-6H2,(H2,16,19). The van der Waals surface area contributed by atoms with Gasteiger partial charge in [0, 0.05) is 19.0 Å². The van der Waals surface area contributed by atoms with E-state index in [0.717, 1.165) is 31.0 Å². The van der Waals surface area contributed by atoms with Crippen molar-refractivity contribution in [2.45, 2.75) is 25.3 Å². The molecule has 1 aliphatic rings. The van der Waals surface area contributed by atoms with Gasteiger partial charge >= 0.3 is 0 Å². The van der Waals surface area contributed by atoms with Gasteiger partial charge in [-0.2, -0.15) is 0 Å². The number of benzene rings is 1. The van der Waals surface area contributed by atoms with Crippen molar-refractivity contribution in [1.82, 2.24) is 4.90 Å². The van der Waals surface area contributed by atoms with Crippen molar-refractivity contribution < 1.29 is 13.6 Å². The molecular weight excluding hydrogens is 270 g/mol. The zero-order chi connectivity index (χ0) is 14.0. The summed E-state index contributed by atoms with van der Waals surface area (Å²) in [7, 11) is 0. The van der Waals surface area contributed by atoms with Gasteiger partial charge in [0.25, 0.3) is 5.91 Å². The average Bonchev–Trinajstić information content (AvgIpc) is 3.16. The Bertz CT molecular complexity index is 517. The van der Waals surface area contributed by atoms with Crippen LogP contribution in [0.4, 0.5) is 8.78 Å². The first-order chi connectivity index (χ1) is 8.99. The highest BCUT2D eigenvalue weighted by Gasteiger charge is 2.33. The lowest BCUT2D eigenvalue weighted by atomic mass is 10.1. The molecular formula is C13H14F2N2OS. The number of nitrogens with two attached hydrogens (primary N) is 1. The highest BCUT2D eigenvalue weighted by Crippen LogP contribution is 2.29. The van der Waals surface area contributed by atoms with E-state index in [4.69, 9.17) is 18.0 Å². The van der Waals surface area contributed by atoms with Crippen molar-refractivity contribution >= 4 is 23.1 Å². The van der Waals surface area contributed by atoms with E-state index in [0.29, 0.717) is 18.0 Å². The molecule has 1 saturated carbocycles. The van der Waals surface area contributed by atoms with Crippen LogP contribution in [-0.2, 0) is 0 Å². The number of rotatable bonds is 5. The maximum atomic E-state index is 13.6. The van der Waals surface area contributed by atoms with Crippen LogP contribution in [0.3, 0.4) is 0 Å². The average molecular weight is 284 g/mol. The van der Waals surface area contributed by atoms with Gasteiger partial charge in [0.15, 0.2) is 0 Å². The highest BCUT2D eigenvalue weighted by molar-refractivity contribution is 7.80. The van der Waals surface area contributed by atoms with Crippen LogP contribution in [0.2, 0.25) is 0 Å². The van der Waals surface area contributed by atoms with E-state index in [1.54, 1.807) is 0 Å². The van der Waals surface area contributed by atoms with Gasteiger partial charge in [-0.05, 0) is 31.0 Å². The number of amides is 1. The highest BCUT2D eigenvalue weighted by atomic mass is 32.1. The molecule has 0 aromatic heterocycles. The van der Waals surface area contributed by atoms with Gasteiger partial charge in [-0.25, -0.2) is 8.78 Å². The van der Waals surface area contributed by atoms with E-state index in [1.165, 1.54) is 4.90 Å². The molecule has 0 atom stereocenters. The van der Waals surface area contributed by atoms with E-state index in [2.05, 4.69) is 0 Å². The monoisotopic (exact) mass is 284 g/mol. The lowest BCUT2D eigenvalue weighted by molar-refractivity contribution is 0.0742. The van der Waals surface area contributed by atoms with E-state index in [1.807, 2.05) is 0 Å². The fraction of sp³-hybridized carbons (Fsp3) is 0.385. The smallest absolute Gasteiger partial charge is 0.257 e. The van der Waals surface area contributed by atoms with Crippen LogP contribution in [0.5, 0.6) is 0 Å². The number of nitrogens with zero attached hydrogens (tertiary/aromatic N) is 1. The first-order valence-corrected chi connectivity index (χ1v) is 6.44. The molecule has 1 aromatic rings. The van der Waals surface area contributed by atoms with Crippen LogP contribution in [0.25, 0.3) is 0 Å². The number of thiocarbonyl (C=S) groups is 1. The minimum atomic E-state index is -0.715. The predicted octanol–water partition coefficient (Wildman–Crippen LogP) is 2.25. The molecule has 102 valence electrons. The second-order valence-electron chi connectivity index (χ2n) is 4.57. The summed E-state index contributed by atoms with van der Waals surface area (Å²) in [6.45, 7) is 0.342. The third-order valence-electron chi connectivity index (χ3n) is 3.01. The van der Waals surface area contributed by atoms with Crippen LogP contribution in [0, 0.1) is 11.6 Å². The molecule has 1 fully saturated rings. The fourth-order valence-electron chi connectivity index (χ4n) is 1.88. The van der Waals surface area contributed by atoms with Crippen molar-refractivity contribution in [3.63, 3.8) is 0 Å². The molecule has 0 heterocycles. The normalized spacial score (nSPS) is 14.2. The van der Waals surface area contributed by atoms with Crippen LogP contribution < -0.4 is 5.73 Å². The van der Waals surface area contributed by atoms with Gasteiger partial charge in [-0.3, -0.25) is 4.79 Å². The van der Waals surface area contributed by atoms with Gasteiger partial charge in [0.1, 0.15) is 11.6 Å². The second-order valence-corrected chi connectivity index (χ2v) is 5.09. The van der Waals surface area contributed by atoms with Crippen LogP contribution in [0.15, 0.2) is 18.2 Å². The molecule has 0 saturated heterocycles. The molecule has 2 rings (SSSR count). The Morgan fingerprint density at radius 3 is 2.68 bits per heavy atom. The van der Waals surface area contributed by atoms with Crippen LogP contribution in [-0.4, -0.2) is 28.4 Å². The lowest BCUT2D eigenvalue weighted by Crippen LogP contribution is -2.36. The molecule has 0 aliphatic heterocycles. The Hall–Kier alpha value is -1.56. The molecule has 0 unspecified atom stereocenters. The Kier molecular flexibility index (Phi) is 4.09. The number of hydrogen-bond donors (Lipinski definition) is 1. The van der Waals surface area contributed by atoms with E-state index >= 15 is 0 Å². The predicted molar refractivity (Wildman–Crippen MR) is 71.8 cm³/mol. The second kappa shape index (κ2) is 5.61. The zero-order valence-corrected chi connectivity index (χ0v) is 11.1. The SMILES string of the molecule is NC(=S)CCN(C(=O)c1cc(F)ccc1F)C1CC1. The van der Waals surface area contributed by atoms with E-state index < -0.39 is 17.5 Å². The molecule has 19 heavy (non-hydrogen) atoms. The summed E-state index contributed by atoms with van der Waals surface area (Å²) >= 11 is 4.78. The van der Waals surface area contributed by atoms with Crippen LogP contribution >= 0.6 is 12.2 Å².